The van der Waals surface area contributed by atoms with E-state index >= 15 is 0 Å². The molecular weight excluding hydrogens is 346 g/mol. The lowest BCUT2D eigenvalue weighted by Gasteiger charge is -2.53. The lowest BCUT2D eigenvalue weighted by molar-refractivity contribution is -0.202. The van der Waals surface area contributed by atoms with Crippen molar-refractivity contribution in [3.63, 3.8) is 0 Å². The summed E-state index contributed by atoms with van der Waals surface area (Å²) in [6, 6.07) is 10.0. The first-order valence-corrected chi connectivity index (χ1v) is 9.13. The Morgan fingerprint density at radius 2 is 2.07 bits per heavy atom. The molecule has 4 rings (SSSR count). The molecule has 1 saturated carbocycles. The minimum absolute atomic E-state index is 0.195. The number of aromatic nitrogens is 2. The van der Waals surface area contributed by atoms with Gasteiger partial charge in [-0.1, -0.05) is 6.42 Å². The summed E-state index contributed by atoms with van der Waals surface area (Å²) in [6.45, 7) is 1.72. The Morgan fingerprint density at radius 3 is 2.74 bits per heavy atom. The van der Waals surface area contributed by atoms with Crippen molar-refractivity contribution in [2.75, 3.05) is 0 Å². The van der Waals surface area contributed by atoms with E-state index in [0.717, 1.165) is 32.1 Å². The molecule has 1 spiro atoms. The largest absolute Gasteiger partial charge is 0.484 e. The highest BCUT2D eigenvalue weighted by Gasteiger charge is 2.59. The molecule has 1 aliphatic carbocycles. The number of ether oxygens (including phenoxy) is 2. The number of hydrogen-bond acceptors (Lipinski definition) is 6. The van der Waals surface area contributed by atoms with Crippen LogP contribution in [0.15, 0.2) is 35.1 Å². The third-order valence-electron chi connectivity index (χ3n) is 5.71. The smallest absolute Gasteiger partial charge is 0.264 e. The van der Waals surface area contributed by atoms with Gasteiger partial charge in [0.05, 0.1) is 11.6 Å². The molecule has 0 saturated heterocycles. The van der Waals surface area contributed by atoms with Gasteiger partial charge in [-0.25, -0.2) is 5.10 Å². The predicted molar refractivity (Wildman–Crippen MR) is 96.5 cm³/mol. The standard InChI is InChI=1S/C20H21N3O4/c1-19(25)18(26-17-8-7-16(24)22-23-17)14-11-13(12-21)5-6-15(14)27-20(19)9-3-2-4-10-20/h5-8,11,18,25H,2-4,9-10H2,1H3,(H,22,24). The SMILES string of the molecule is CC1(O)C(Oc2ccc(=O)[nH]n2)c2cc(C#N)ccc2OC12CCCCC2. The van der Waals surface area contributed by atoms with Gasteiger partial charge >= 0.3 is 0 Å². The van der Waals surface area contributed by atoms with Crippen LogP contribution in [-0.2, 0) is 0 Å². The van der Waals surface area contributed by atoms with Gasteiger partial charge in [0.2, 0.25) is 5.88 Å². The summed E-state index contributed by atoms with van der Waals surface area (Å²) in [5, 5.41) is 27.1. The molecule has 7 heteroatoms. The maximum atomic E-state index is 11.6. The number of rotatable bonds is 2. The van der Waals surface area contributed by atoms with E-state index in [-0.39, 0.29) is 11.4 Å². The van der Waals surface area contributed by atoms with Crippen LogP contribution in [-0.4, -0.2) is 26.5 Å². The molecule has 1 aliphatic heterocycles. The molecule has 140 valence electrons. The number of aromatic amines is 1. The van der Waals surface area contributed by atoms with Gasteiger partial charge in [-0.2, -0.15) is 5.26 Å². The number of hydrogen-bond donors (Lipinski definition) is 2. The molecule has 2 N–H and O–H groups in total. The van der Waals surface area contributed by atoms with Crippen molar-refractivity contribution in [2.45, 2.75) is 56.3 Å². The summed E-state index contributed by atoms with van der Waals surface area (Å²) < 4.78 is 12.4. The second-order valence-electron chi connectivity index (χ2n) is 7.43. The van der Waals surface area contributed by atoms with Crippen molar-refractivity contribution in [3.05, 3.63) is 51.8 Å². The molecule has 1 aromatic carbocycles. The van der Waals surface area contributed by atoms with E-state index in [9.17, 15) is 15.2 Å². The number of benzene rings is 1. The van der Waals surface area contributed by atoms with Gasteiger partial charge in [-0.05, 0) is 50.8 Å². The van der Waals surface area contributed by atoms with E-state index in [1.54, 1.807) is 25.1 Å². The van der Waals surface area contributed by atoms with Gasteiger partial charge in [-0.15, -0.1) is 5.10 Å². The van der Waals surface area contributed by atoms with Crippen LogP contribution in [0.5, 0.6) is 11.6 Å². The van der Waals surface area contributed by atoms with Gasteiger partial charge in [0, 0.05) is 17.7 Å². The van der Waals surface area contributed by atoms with Crippen molar-refractivity contribution < 1.29 is 14.6 Å². The van der Waals surface area contributed by atoms with E-state index in [4.69, 9.17) is 9.47 Å². The van der Waals surface area contributed by atoms with Crippen LogP contribution in [0.4, 0.5) is 0 Å². The molecule has 2 heterocycles. The van der Waals surface area contributed by atoms with Crippen LogP contribution in [0, 0.1) is 11.3 Å². The Morgan fingerprint density at radius 1 is 1.30 bits per heavy atom. The fraction of sp³-hybridized carbons (Fsp3) is 0.450. The van der Waals surface area contributed by atoms with Gasteiger partial charge in [0.25, 0.3) is 5.56 Å². The number of H-pyrrole nitrogens is 1. The zero-order chi connectivity index (χ0) is 19.1. The van der Waals surface area contributed by atoms with Crippen LogP contribution < -0.4 is 15.0 Å². The summed E-state index contributed by atoms with van der Waals surface area (Å²) >= 11 is 0. The quantitative estimate of drug-likeness (QED) is 0.845. The molecule has 0 amide bonds. The highest BCUT2D eigenvalue weighted by Crippen LogP contribution is 2.53. The van der Waals surface area contributed by atoms with Crippen molar-refractivity contribution in [1.29, 1.82) is 5.26 Å². The van der Waals surface area contributed by atoms with Gasteiger partial charge in [-0.3, -0.25) is 4.79 Å². The van der Waals surface area contributed by atoms with Crippen molar-refractivity contribution in [1.82, 2.24) is 10.2 Å². The maximum absolute atomic E-state index is 11.6. The normalized spacial score (nSPS) is 25.9. The second-order valence-corrected chi connectivity index (χ2v) is 7.43. The molecule has 1 aromatic heterocycles. The monoisotopic (exact) mass is 367 g/mol. The zero-order valence-corrected chi connectivity index (χ0v) is 15.1. The number of aliphatic hydroxyl groups is 1. The Bertz CT molecular complexity index is 934. The fourth-order valence-corrected chi connectivity index (χ4v) is 4.20. The number of nitrogens with one attached hydrogen (secondary N) is 1. The zero-order valence-electron chi connectivity index (χ0n) is 15.1. The predicted octanol–water partition coefficient (Wildman–Crippen LogP) is 2.61. The van der Waals surface area contributed by atoms with Crippen molar-refractivity contribution in [2.24, 2.45) is 0 Å². The topological polar surface area (TPSA) is 108 Å². The first-order valence-electron chi connectivity index (χ1n) is 9.13. The van der Waals surface area contributed by atoms with Crippen LogP contribution in [0.2, 0.25) is 0 Å². The average Bonchev–Trinajstić information content (AvgIpc) is 2.68. The van der Waals surface area contributed by atoms with Crippen molar-refractivity contribution >= 4 is 0 Å². The first-order chi connectivity index (χ1) is 12.9. The van der Waals surface area contributed by atoms with E-state index < -0.39 is 17.3 Å². The van der Waals surface area contributed by atoms with E-state index in [2.05, 4.69) is 16.3 Å². The van der Waals surface area contributed by atoms with Crippen LogP contribution in [0.25, 0.3) is 0 Å². The minimum Gasteiger partial charge on any atom is -0.484 e. The Labute approximate surface area is 156 Å². The lowest BCUT2D eigenvalue weighted by Crippen LogP contribution is -2.63. The maximum Gasteiger partial charge on any atom is 0.264 e. The van der Waals surface area contributed by atoms with E-state index in [1.165, 1.54) is 12.1 Å². The summed E-state index contributed by atoms with van der Waals surface area (Å²) in [7, 11) is 0. The Kier molecular flexibility index (Phi) is 4.16. The molecule has 2 atom stereocenters. The van der Waals surface area contributed by atoms with E-state index in [1.807, 2.05) is 0 Å². The third-order valence-corrected chi connectivity index (χ3v) is 5.71. The number of nitrogens with zero attached hydrogens (tertiary/aromatic N) is 2. The number of fused-ring (bicyclic) bond motifs is 1. The molecule has 0 bridgehead atoms. The molecule has 27 heavy (non-hydrogen) atoms. The van der Waals surface area contributed by atoms with Gasteiger partial charge in [0.1, 0.15) is 17.0 Å². The van der Waals surface area contributed by atoms with Gasteiger partial charge < -0.3 is 14.6 Å². The Hall–Kier alpha value is -2.85. The molecule has 1 fully saturated rings. The highest BCUT2D eigenvalue weighted by molar-refractivity contribution is 5.47. The summed E-state index contributed by atoms with van der Waals surface area (Å²) in [5.41, 5.74) is -1.39. The van der Waals surface area contributed by atoms with Gasteiger partial charge in [0.15, 0.2) is 6.10 Å². The van der Waals surface area contributed by atoms with Crippen LogP contribution >= 0.6 is 0 Å². The fourth-order valence-electron chi connectivity index (χ4n) is 4.20. The number of nitriles is 1. The van der Waals surface area contributed by atoms with Crippen LogP contribution in [0.1, 0.15) is 56.3 Å². The highest BCUT2D eigenvalue weighted by atomic mass is 16.6. The van der Waals surface area contributed by atoms with Crippen molar-refractivity contribution in [3.8, 4) is 17.7 Å². The summed E-state index contributed by atoms with van der Waals surface area (Å²) in [6.07, 6.45) is 3.69. The average molecular weight is 367 g/mol. The van der Waals surface area contributed by atoms with E-state index in [0.29, 0.717) is 16.9 Å². The summed E-state index contributed by atoms with van der Waals surface area (Å²) in [5.74, 6) is 0.804. The van der Waals surface area contributed by atoms with Crippen LogP contribution in [0.3, 0.4) is 0 Å². The molecule has 2 unspecified atom stereocenters. The second kappa shape index (κ2) is 6.39. The molecule has 2 aromatic rings. The third kappa shape index (κ3) is 2.86. The summed E-state index contributed by atoms with van der Waals surface area (Å²) in [4.78, 5) is 11.3. The molecular formula is C20H21N3O4. The minimum atomic E-state index is -1.34. The lowest BCUT2D eigenvalue weighted by atomic mass is 9.67. The molecule has 0 radical (unpaired) electrons. The first kappa shape index (κ1) is 17.6. The molecule has 2 aliphatic rings. The molecule has 7 nitrogen and oxygen atoms in total. The Balaban J connectivity index is 1.83.